The number of sulfonamides is 1. The molecule has 2 aromatic rings. The predicted octanol–water partition coefficient (Wildman–Crippen LogP) is 4.54. The molecule has 0 aliphatic heterocycles. The van der Waals surface area contributed by atoms with Gasteiger partial charge in [-0.15, -0.1) is 0 Å². The Kier molecular flexibility index (Phi) is 7.67. The largest absolute Gasteiger partial charge is 0.496 e. The Balaban J connectivity index is 2.02. The molecule has 4 N–H and O–H groups in total. The Morgan fingerprint density at radius 2 is 1.97 bits per heavy atom. The van der Waals surface area contributed by atoms with Crippen molar-refractivity contribution in [1.82, 2.24) is 10.3 Å². The summed E-state index contributed by atoms with van der Waals surface area (Å²) in [6.07, 6.45) is 8.71. The van der Waals surface area contributed by atoms with Gasteiger partial charge in [-0.1, -0.05) is 46.0 Å². The molecule has 8 heteroatoms. The average Bonchev–Trinajstić information content (AvgIpc) is 3.27. The number of methoxy groups -OCH3 is 1. The van der Waals surface area contributed by atoms with Crippen LogP contribution in [-0.4, -0.2) is 26.4 Å². The van der Waals surface area contributed by atoms with E-state index in [4.69, 9.17) is 9.88 Å². The van der Waals surface area contributed by atoms with Gasteiger partial charge >= 0.3 is 0 Å². The highest BCUT2D eigenvalue weighted by Crippen LogP contribution is 2.37. The number of nitrogens with two attached hydrogens (primary N) is 1. The van der Waals surface area contributed by atoms with E-state index in [0.29, 0.717) is 22.8 Å². The predicted molar refractivity (Wildman–Crippen MR) is 125 cm³/mol. The van der Waals surface area contributed by atoms with Crippen molar-refractivity contribution in [3.8, 4) is 5.75 Å². The molecule has 1 fully saturated rings. The van der Waals surface area contributed by atoms with E-state index in [9.17, 15) is 13.2 Å². The molecular weight excluding hydrogens is 426 g/mol. The summed E-state index contributed by atoms with van der Waals surface area (Å²) in [5.41, 5.74) is 2.10. The maximum atomic E-state index is 13.6. The number of carbonyl (C=O) groups excluding carboxylic acids is 1. The molecule has 0 spiro atoms. The van der Waals surface area contributed by atoms with Gasteiger partial charge in [-0.3, -0.25) is 4.79 Å². The molecule has 0 saturated heterocycles. The Bertz CT molecular complexity index is 1040. The van der Waals surface area contributed by atoms with Gasteiger partial charge in [-0.2, -0.15) is 0 Å². The van der Waals surface area contributed by atoms with Crippen LogP contribution >= 0.6 is 0 Å². The lowest BCUT2D eigenvalue weighted by Gasteiger charge is -2.28. The van der Waals surface area contributed by atoms with Crippen molar-refractivity contribution < 1.29 is 17.9 Å². The van der Waals surface area contributed by atoms with Gasteiger partial charge in [-0.25, -0.2) is 13.6 Å². The summed E-state index contributed by atoms with van der Waals surface area (Å²) in [5.74, 6) is 0.522. The molecule has 1 unspecified atom stereocenters. The Hall–Kier alpha value is -2.32. The molecule has 0 radical (unpaired) electrons. The molecule has 7 nitrogen and oxygen atoms in total. The fourth-order valence-electron chi connectivity index (χ4n) is 4.78. The lowest BCUT2D eigenvalue weighted by atomic mass is 9.84. The zero-order chi connectivity index (χ0) is 23.5. The fourth-order valence-corrected chi connectivity index (χ4v) is 5.60. The highest BCUT2D eigenvalue weighted by atomic mass is 32.2. The van der Waals surface area contributed by atoms with E-state index in [0.717, 1.165) is 25.0 Å². The summed E-state index contributed by atoms with van der Waals surface area (Å²) in [4.78, 5) is 16.8. The number of amides is 1. The SMILES string of the molecule is COc1c(C(C)C)cc(S(N)(=O)=O)c(C)c1C(=O)NC(CC1CCCCC1)c1ccc[nH]1. The van der Waals surface area contributed by atoms with Gasteiger partial charge in [0.1, 0.15) is 5.75 Å². The molecule has 3 rings (SSSR count). The molecule has 1 aliphatic carbocycles. The van der Waals surface area contributed by atoms with Gasteiger partial charge in [0.05, 0.1) is 23.6 Å². The van der Waals surface area contributed by atoms with E-state index in [1.807, 2.05) is 32.2 Å². The minimum Gasteiger partial charge on any atom is -0.496 e. The maximum absolute atomic E-state index is 13.6. The molecule has 0 bridgehead atoms. The third-order valence-electron chi connectivity index (χ3n) is 6.48. The second-order valence-electron chi connectivity index (χ2n) is 9.09. The Morgan fingerprint density at radius 3 is 2.50 bits per heavy atom. The second-order valence-corrected chi connectivity index (χ2v) is 10.6. The molecule has 1 aliphatic rings. The first-order valence-corrected chi connectivity index (χ1v) is 12.9. The van der Waals surface area contributed by atoms with Crippen LogP contribution in [0.2, 0.25) is 0 Å². The van der Waals surface area contributed by atoms with Crippen molar-refractivity contribution in [2.24, 2.45) is 11.1 Å². The van der Waals surface area contributed by atoms with Crippen molar-refractivity contribution in [1.29, 1.82) is 0 Å². The summed E-state index contributed by atoms with van der Waals surface area (Å²) >= 11 is 0. The summed E-state index contributed by atoms with van der Waals surface area (Å²) < 4.78 is 30.2. The highest BCUT2D eigenvalue weighted by Gasteiger charge is 2.29. The number of aromatic nitrogens is 1. The molecule has 1 heterocycles. The number of hydrogen-bond acceptors (Lipinski definition) is 4. The molecule has 1 amide bonds. The molecule has 32 heavy (non-hydrogen) atoms. The maximum Gasteiger partial charge on any atom is 0.255 e. The zero-order valence-corrected chi connectivity index (χ0v) is 20.2. The summed E-state index contributed by atoms with van der Waals surface area (Å²) in [6, 6.07) is 5.21. The zero-order valence-electron chi connectivity index (χ0n) is 19.4. The van der Waals surface area contributed by atoms with Gasteiger partial charge in [-0.05, 0) is 54.5 Å². The quantitative estimate of drug-likeness (QED) is 0.535. The number of hydrogen-bond donors (Lipinski definition) is 3. The smallest absolute Gasteiger partial charge is 0.255 e. The van der Waals surface area contributed by atoms with E-state index in [2.05, 4.69) is 10.3 Å². The van der Waals surface area contributed by atoms with Gasteiger partial charge in [0.15, 0.2) is 0 Å². The first kappa shape index (κ1) is 24.3. The van der Waals surface area contributed by atoms with Crippen LogP contribution in [-0.2, 0) is 10.0 Å². The molecule has 1 atom stereocenters. The van der Waals surface area contributed by atoms with Crippen molar-refractivity contribution >= 4 is 15.9 Å². The van der Waals surface area contributed by atoms with Gasteiger partial charge in [0, 0.05) is 11.9 Å². The first-order chi connectivity index (χ1) is 15.1. The van der Waals surface area contributed by atoms with Crippen LogP contribution in [0.3, 0.4) is 0 Å². The van der Waals surface area contributed by atoms with Crippen molar-refractivity contribution in [3.63, 3.8) is 0 Å². The highest BCUT2D eigenvalue weighted by molar-refractivity contribution is 7.89. The normalized spacial score (nSPS) is 16.2. The average molecular weight is 462 g/mol. The van der Waals surface area contributed by atoms with Crippen molar-refractivity contribution in [2.45, 2.75) is 76.2 Å². The number of carbonyl (C=O) groups is 1. The lowest BCUT2D eigenvalue weighted by molar-refractivity contribution is 0.0923. The number of H-pyrrole nitrogens is 1. The monoisotopic (exact) mass is 461 g/mol. The third-order valence-corrected chi connectivity index (χ3v) is 7.51. The number of ether oxygens (including phenoxy) is 1. The minimum absolute atomic E-state index is 0.0455. The van der Waals surface area contributed by atoms with Crippen LogP contribution in [0.5, 0.6) is 5.75 Å². The third kappa shape index (κ3) is 5.35. The van der Waals surface area contributed by atoms with Crippen LogP contribution in [0.1, 0.15) is 91.5 Å². The molecular formula is C24H35N3O4S. The number of rotatable bonds is 8. The van der Waals surface area contributed by atoms with Gasteiger partial charge < -0.3 is 15.0 Å². The van der Waals surface area contributed by atoms with Crippen LogP contribution in [0.4, 0.5) is 0 Å². The van der Waals surface area contributed by atoms with E-state index in [1.54, 1.807) is 6.92 Å². The van der Waals surface area contributed by atoms with Crippen LogP contribution in [0.25, 0.3) is 0 Å². The molecule has 176 valence electrons. The topological polar surface area (TPSA) is 114 Å². The van der Waals surface area contributed by atoms with Crippen LogP contribution in [0, 0.1) is 12.8 Å². The summed E-state index contributed by atoms with van der Waals surface area (Å²) in [7, 11) is -2.51. The number of aromatic amines is 1. The number of benzene rings is 1. The van der Waals surface area contributed by atoms with Crippen LogP contribution in [0.15, 0.2) is 29.3 Å². The van der Waals surface area contributed by atoms with E-state index in [-0.39, 0.29) is 28.3 Å². The van der Waals surface area contributed by atoms with E-state index < -0.39 is 10.0 Å². The van der Waals surface area contributed by atoms with E-state index >= 15 is 0 Å². The Morgan fingerprint density at radius 1 is 1.28 bits per heavy atom. The standard InChI is InChI=1S/C24H35N3O4S/c1-15(2)18-14-21(32(25,29)30)16(3)22(23(18)31-4)24(28)27-20(19-11-8-12-26-19)13-17-9-6-5-7-10-17/h8,11-12,14-15,17,20,26H,5-7,9-10,13H2,1-4H3,(H,27,28)(H2,25,29,30). The molecule has 1 aromatic heterocycles. The fraction of sp³-hybridized carbons (Fsp3) is 0.542. The lowest BCUT2D eigenvalue weighted by Crippen LogP contribution is -2.32. The Labute approximate surface area is 191 Å². The van der Waals surface area contributed by atoms with E-state index in [1.165, 1.54) is 32.4 Å². The van der Waals surface area contributed by atoms with Gasteiger partial charge in [0.2, 0.25) is 10.0 Å². The van der Waals surface area contributed by atoms with Crippen molar-refractivity contribution in [3.05, 3.63) is 46.8 Å². The minimum atomic E-state index is -4.01. The van der Waals surface area contributed by atoms with Gasteiger partial charge in [0.25, 0.3) is 5.91 Å². The summed E-state index contributed by atoms with van der Waals surface area (Å²) in [6.45, 7) is 5.45. The molecule has 1 saturated carbocycles. The summed E-state index contributed by atoms with van der Waals surface area (Å²) in [5, 5.41) is 8.64. The first-order valence-electron chi connectivity index (χ1n) is 11.3. The van der Waals surface area contributed by atoms with Crippen LogP contribution < -0.4 is 15.2 Å². The number of nitrogens with one attached hydrogen (secondary N) is 2. The van der Waals surface area contributed by atoms with Crippen molar-refractivity contribution in [2.75, 3.05) is 7.11 Å². The second kappa shape index (κ2) is 10.1. The number of primary sulfonamides is 1. The molecule has 1 aromatic carbocycles.